The van der Waals surface area contributed by atoms with Crippen LogP contribution in [0.5, 0.6) is 0 Å². The molecular weight excluding hydrogens is 176 g/mol. The molecule has 0 spiro atoms. The van der Waals surface area contributed by atoms with Crippen molar-refractivity contribution in [1.82, 2.24) is 0 Å². The van der Waals surface area contributed by atoms with Crippen LogP contribution in [0, 0.1) is 11.3 Å². The van der Waals surface area contributed by atoms with E-state index in [1.165, 1.54) is 0 Å². The Hall–Kier alpha value is -1.82. The molecule has 0 aliphatic carbocycles. The molecule has 3 nitrogen and oxygen atoms in total. The minimum atomic E-state index is -0.432. The average molecular weight is 188 g/mol. The topological polar surface area (TPSA) is 66.9 Å². The number of nitrogens with zero attached hydrogens (tertiary/aromatic N) is 1. The van der Waals surface area contributed by atoms with Gasteiger partial charge in [0.25, 0.3) is 0 Å². The van der Waals surface area contributed by atoms with Gasteiger partial charge in [0.1, 0.15) is 0 Å². The van der Waals surface area contributed by atoms with E-state index in [1.807, 2.05) is 13.0 Å². The third-order valence-corrected chi connectivity index (χ3v) is 2.02. The molecule has 72 valence electrons. The van der Waals surface area contributed by atoms with E-state index >= 15 is 0 Å². The summed E-state index contributed by atoms with van der Waals surface area (Å²) in [6, 6.07) is 6.99. The maximum atomic E-state index is 11.0. The Kier molecular flexibility index (Phi) is 3.24. The summed E-state index contributed by atoms with van der Waals surface area (Å²) in [4.78, 5) is 11.0. The number of aryl methyl sites for hydroxylation is 1. The molecule has 3 heteroatoms. The Labute approximate surface area is 83.2 Å². The van der Waals surface area contributed by atoms with Crippen LogP contribution in [0.15, 0.2) is 18.2 Å². The lowest BCUT2D eigenvalue weighted by Crippen LogP contribution is -2.13. The van der Waals surface area contributed by atoms with Crippen molar-refractivity contribution >= 4 is 5.91 Å². The molecule has 0 saturated heterocycles. The average Bonchev–Trinajstić information content (AvgIpc) is 2.17. The predicted molar refractivity (Wildman–Crippen MR) is 53.7 cm³/mol. The molecule has 0 aliphatic heterocycles. The number of rotatable bonds is 3. The van der Waals surface area contributed by atoms with Gasteiger partial charge in [0.15, 0.2) is 0 Å². The number of carbonyl (C=O) groups is 1. The van der Waals surface area contributed by atoms with Crippen molar-refractivity contribution in [3.63, 3.8) is 0 Å². The second-order valence-corrected chi connectivity index (χ2v) is 3.10. The van der Waals surface area contributed by atoms with Gasteiger partial charge in [0.05, 0.1) is 11.6 Å². The lowest BCUT2D eigenvalue weighted by Gasteiger charge is -2.05. The molecule has 0 aliphatic rings. The first-order valence-corrected chi connectivity index (χ1v) is 4.52. The third-order valence-electron chi connectivity index (χ3n) is 2.02. The Balaban J connectivity index is 3.18. The fraction of sp³-hybridized carbons (Fsp3) is 0.273. The summed E-state index contributed by atoms with van der Waals surface area (Å²) in [6.45, 7) is 2.02. The summed E-state index contributed by atoms with van der Waals surface area (Å²) in [7, 11) is 0. The number of primary amides is 1. The molecule has 0 heterocycles. The molecule has 14 heavy (non-hydrogen) atoms. The highest BCUT2D eigenvalue weighted by Crippen LogP contribution is 2.13. The summed E-state index contributed by atoms with van der Waals surface area (Å²) in [5.41, 5.74) is 7.16. The lowest BCUT2D eigenvalue weighted by molar-refractivity contribution is 0.0999. The van der Waals surface area contributed by atoms with E-state index in [-0.39, 0.29) is 0 Å². The van der Waals surface area contributed by atoms with Crippen LogP contribution in [0.1, 0.15) is 34.8 Å². The summed E-state index contributed by atoms with van der Waals surface area (Å²) in [5.74, 6) is -0.432. The molecule has 1 amide bonds. The zero-order valence-electron chi connectivity index (χ0n) is 8.08. The molecule has 0 unspecified atom stereocenters. The maximum absolute atomic E-state index is 11.0. The van der Waals surface area contributed by atoms with Crippen molar-refractivity contribution in [2.45, 2.75) is 19.8 Å². The molecule has 1 aromatic rings. The Morgan fingerprint density at radius 2 is 2.29 bits per heavy atom. The van der Waals surface area contributed by atoms with E-state index in [1.54, 1.807) is 18.2 Å². The summed E-state index contributed by atoms with van der Waals surface area (Å²) in [5, 5.41) is 8.69. The van der Waals surface area contributed by atoms with Gasteiger partial charge in [-0.2, -0.15) is 5.26 Å². The lowest BCUT2D eigenvalue weighted by atomic mass is 10.0. The molecule has 1 aromatic carbocycles. The van der Waals surface area contributed by atoms with Crippen molar-refractivity contribution < 1.29 is 4.79 Å². The van der Waals surface area contributed by atoms with E-state index in [0.29, 0.717) is 11.1 Å². The zero-order chi connectivity index (χ0) is 10.6. The zero-order valence-corrected chi connectivity index (χ0v) is 8.08. The Bertz CT molecular complexity index is 391. The predicted octanol–water partition coefficient (Wildman–Crippen LogP) is 1.61. The van der Waals surface area contributed by atoms with Gasteiger partial charge in [-0.15, -0.1) is 0 Å². The minimum absolute atomic E-state index is 0.432. The number of hydrogen-bond acceptors (Lipinski definition) is 2. The number of hydrogen-bond donors (Lipinski definition) is 1. The first kappa shape index (κ1) is 10.3. The number of nitrogens with two attached hydrogens (primary N) is 1. The molecule has 2 N–H and O–H groups in total. The van der Waals surface area contributed by atoms with Gasteiger partial charge < -0.3 is 5.73 Å². The fourth-order valence-corrected chi connectivity index (χ4v) is 1.38. The van der Waals surface area contributed by atoms with Crippen LogP contribution in [0.4, 0.5) is 0 Å². The number of amides is 1. The van der Waals surface area contributed by atoms with Gasteiger partial charge in [-0.1, -0.05) is 13.3 Å². The van der Waals surface area contributed by atoms with E-state index in [0.717, 1.165) is 18.4 Å². The van der Waals surface area contributed by atoms with Gasteiger partial charge in [-0.25, -0.2) is 0 Å². The molecule has 0 bridgehead atoms. The van der Waals surface area contributed by atoms with E-state index in [2.05, 4.69) is 0 Å². The van der Waals surface area contributed by atoms with Crippen molar-refractivity contribution in [2.75, 3.05) is 0 Å². The largest absolute Gasteiger partial charge is 0.366 e. The van der Waals surface area contributed by atoms with Crippen LogP contribution >= 0.6 is 0 Å². The SMILES string of the molecule is CCCc1cc(C#N)ccc1C(N)=O. The van der Waals surface area contributed by atoms with E-state index in [9.17, 15) is 4.79 Å². The van der Waals surface area contributed by atoms with Crippen LogP contribution in [0.3, 0.4) is 0 Å². The van der Waals surface area contributed by atoms with Crippen LogP contribution < -0.4 is 5.73 Å². The molecule has 1 rings (SSSR count). The van der Waals surface area contributed by atoms with Gasteiger partial charge in [-0.3, -0.25) is 4.79 Å². The maximum Gasteiger partial charge on any atom is 0.248 e. The minimum Gasteiger partial charge on any atom is -0.366 e. The highest BCUT2D eigenvalue weighted by atomic mass is 16.1. The molecular formula is C11H12N2O. The smallest absolute Gasteiger partial charge is 0.248 e. The van der Waals surface area contributed by atoms with Crippen LogP contribution in [-0.4, -0.2) is 5.91 Å². The van der Waals surface area contributed by atoms with Crippen LogP contribution in [0.25, 0.3) is 0 Å². The van der Waals surface area contributed by atoms with E-state index in [4.69, 9.17) is 11.0 Å². The first-order valence-electron chi connectivity index (χ1n) is 4.52. The van der Waals surface area contributed by atoms with Gasteiger partial charge in [0.2, 0.25) is 5.91 Å². The summed E-state index contributed by atoms with van der Waals surface area (Å²) in [6.07, 6.45) is 1.70. The monoisotopic (exact) mass is 188 g/mol. The highest BCUT2D eigenvalue weighted by molar-refractivity contribution is 5.94. The fourth-order valence-electron chi connectivity index (χ4n) is 1.38. The number of nitriles is 1. The van der Waals surface area contributed by atoms with Crippen molar-refractivity contribution in [1.29, 1.82) is 5.26 Å². The molecule has 0 saturated carbocycles. The first-order chi connectivity index (χ1) is 6.69. The molecule has 0 aromatic heterocycles. The Morgan fingerprint density at radius 1 is 1.57 bits per heavy atom. The normalized spacial score (nSPS) is 9.43. The number of carbonyl (C=O) groups excluding carboxylic acids is 1. The van der Waals surface area contributed by atoms with Crippen molar-refractivity contribution in [3.05, 3.63) is 34.9 Å². The second-order valence-electron chi connectivity index (χ2n) is 3.10. The Morgan fingerprint density at radius 3 is 2.79 bits per heavy atom. The van der Waals surface area contributed by atoms with E-state index < -0.39 is 5.91 Å². The molecule has 0 atom stereocenters. The number of benzene rings is 1. The van der Waals surface area contributed by atoms with Gasteiger partial charge in [0, 0.05) is 5.56 Å². The van der Waals surface area contributed by atoms with Crippen molar-refractivity contribution in [3.8, 4) is 6.07 Å². The highest BCUT2D eigenvalue weighted by Gasteiger charge is 2.07. The summed E-state index contributed by atoms with van der Waals surface area (Å²) < 4.78 is 0. The third kappa shape index (κ3) is 2.11. The molecule has 0 radical (unpaired) electrons. The second kappa shape index (κ2) is 4.43. The van der Waals surface area contributed by atoms with Crippen molar-refractivity contribution in [2.24, 2.45) is 5.73 Å². The standard InChI is InChI=1S/C11H12N2O/c1-2-3-9-6-8(7-12)4-5-10(9)11(13)14/h4-6H,2-3H2,1H3,(H2,13,14). The van der Waals surface area contributed by atoms with Gasteiger partial charge >= 0.3 is 0 Å². The van der Waals surface area contributed by atoms with Gasteiger partial charge in [-0.05, 0) is 30.2 Å². The molecule has 0 fully saturated rings. The van der Waals surface area contributed by atoms with Crippen LogP contribution in [0.2, 0.25) is 0 Å². The quantitative estimate of drug-likeness (QED) is 0.783. The summed E-state index contributed by atoms with van der Waals surface area (Å²) >= 11 is 0. The van der Waals surface area contributed by atoms with Crippen LogP contribution in [-0.2, 0) is 6.42 Å².